The van der Waals surface area contributed by atoms with Gasteiger partial charge in [-0.05, 0) is 44.5 Å². The Morgan fingerprint density at radius 3 is 2.74 bits per heavy atom. The van der Waals surface area contributed by atoms with Gasteiger partial charge in [0.15, 0.2) is 0 Å². The highest BCUT2D eigenvalue weighted by Gasteiger charge is 2.13. The maximum atomic E-state index is 11.4. The second kappa shape index (κ2) is 7.33. The lowest BCUT2D eigenvalue weighted by Gasteiger charge is -2.09. The minimum absolute atomic E-state index is 0.345. The third-order valence-electron chi connectivity index (χ3n) is 3.32. The van der Waals surface area contributed by atoms with E-state index in [1.54, 1.807) is 35.9 Å². The van der Waals surface area contributed by atoms with Crippen molar-refractivity contribution in [3.8, 4) is 11.6 Å². The van der Waals surface area contributed by atoms with Crippen LogP contribution in [-0.2, 0) is 16.6 Å². The molecule has 6 heteroatoms. The normalized spacial score (nSPS) is 11.0. The molecule has 0 aliphatic rings. The number of rotatable bonds is 5. The molecule has 23 heavy (non-hydrogen) atoms. The smallest absolute Gasteiger partial charge is 0.330 e. The highest BCUT2D eigenvalue weighted by atomic mass is 35.5. The van der Waals surface area contributed by atoms with Crippen LogP contribution in [0.3, 0.4) is 0 Å². The molecule has 0 radical (unpaired) electrons. The minimum atomic E-state index is -0.386. The number of hydrogen-bond acceptors (Lipinski definition) is 4. The van der Waals surface area contributed by atoms with E-state index in [0.717, 1.165) is 16.8 Å². The molecule has 0 bridgehead atoms. The van der Waals surface area contributed by atoms with Crippen molar-refractivity contribution in [2.45, 2.75) is 20.8 Å². The SMILES string of the molecule is CCOC(=O)C=Cc1ccc(Cl)c(Oc2c(C)c(C)nn2C)c1. The summed E-state index contributed by atoms with van der Waals surface area (Å²) in [6, 6.07) is 5.28. The van der Waals surface area contributed by atoms with E-state index >= 15 is 0 Å². The summed E-state index contributed by atoms with van der Waals surface area (Å²) in [5, 5.41) is 4.80. The van der Waals surface area contributed by atoms with E-state index in [-0.39, 0.29) is 5.97 Å². The number of aryl methyl sites for hydroxylation is 2. The van der Waals surface area contributed by atoms with Crippen molar-refractivity contribution >= 4 is 23.6 Å². The van der Waals surface area contributed by atoms with Gasteiger partial charge in [0.1, 0.15) is 5.75 Å². The topological polar surface area (TPSA) is 53.4 Å². The second-order valence-corrected chi connectivity index (χ2v) is 5.42. The first-order chi connectivity index (χ1) is 10.9. The van der Waals surface area contributed by atoms with E-state index in [1.165, 1.54) is 6.08 Å². The minimum Gasteiger partial charge on any atom is -0.463 e. The molecule has 0 amide bonds. The Morgan fingerprint density at radius 1 is 1.39 bits per heavy atom. The van der Waals surface area contributed by atoms with Crippen LogP contribution in [0, 0.1) is 13.8 Å². The van der Waals surface area contributed by atoms with E-state index in [4.69, 9.17) is 21.1 Å². The summed E-state index contributed by atoms with van der Waals surface area (Å²) in [6.45, 7) is 5.97. The number of ether oxygens (including phenoxy) is 2. The first kappa shape index (κ1) is 17.1. The average Bonchev–Trinajstić information content (AvgIpc) is 2.74. The molecular weight excluding hydrogens is 316 g/mol. The van der Waals surface area contributed by atoms with Crippen LogP contribution in [-0.4, -0.2) is 22.4 Å². The fourth-order valence-corrected chi connectivity index (χ4v) is 2.20. The number of carbonyl (C=O) groups is 1. The highest BCUT2D eigenvalue weighted by molar-refractivity contribution is 6.32. The summed E-state index contributed by atoms with van der Waals surface area (Å²) in [5.41, 5.74) is 2.64. The van der Waals surface area contributed by atoms with Gasteiger partial charge in [-0.3, -0.25) is 0 Å². The molecule has 0 atom stereocenters. The number of hydrogen-bond donors (Lipinski definition) is 0. The van der Waals surface area contributed by atoms with Crippen molar-refractivity contribution < 1.29 is 14.3 Å². The summed E-state index contributed by atoms with van der Waals surface area (Å²) >= 11 is 6.20. The average molecular weight is 335 g/mol. The molecule has 0 fully saturated rings. The lowest BCUT2D eigenvalue weighted by Crippen LogP contribution is -1.98. The Balaban J connectivity index is 2.26. The molecule has 0 unspecified atom stereocenters. The zero-order chi connectivity index (χ0) is 17.0. The maximum Gasteiger partial charge on any atom is 0.330 e. The van der Waals surface area contributed by atoms with Crippen LogP contribution >= 0.6 is 11.6 Å². The number of aromatic nitrogens is 2. The molecule has 2 rings (SSSR count). The molecule has 0 N–H and O–H groups in total. The van der Waals surface area contributed by atoms with Crippen LogP contribution in [0.15, 0.2) is 24.3 Å². The van der Waals surface area contributed by atoms with Crippen molar-refractivity contribution in [2.24, 2.45) is 7.05 Å². The van der Waals surface area contributed by atoms with E-state index < -0.39 is 0 Å². The predicted octanol–water partition coefficient (Wildman–Crippen LogP) is 4.06. The van der Waals surface area contributed by atoms with Crippen molar-refractivity contribution in [3.63, 3.8) is 0 Å². The van der Waals surface area contributed by atoms with Gasteiger partial charge in [0, 0.05) is 18.7 Å². The number of carbonyl (C=O) groups excluding carboxylic acids is 1. The van der Waals surface area contributed by atoms with Gasteiger partial charge in [0.05, 0.1) is 17.3 Å². The van der Waals surface area contributed by atoms with Crippen LogP contribution in [0.1, 0.15) is 23.7 Å². The number of benzene rings is 1. The standard InChI is InChI=1S/C17H19ClN2O3/c1-5-22-16(21)9-7-13-6-8-14(18)15(10-13)23-17-11(2)12(3)19-20(17)4/h6-10H,5H2,1-4H3. The molecule has 0 saturated heterocycles. The Labute approximate surface area is 140 Å². The molecule has 122 valence electrons. The fraction of sp³-hybridized carbons (Fsp3) is 0.294. The monoisotopic (exact) mass is 334 g/mol. The summed E-state index contributed by atoms with van der Waals surface area (Å²) in [6.07, 6.45) is 3.03. The molecule has 0 aliphatic carbocycles. The summed E-state index contributed by atoms with van der Waals surface area (Å²) in [4.78, 5) is 11.4. The molecule has 1 aromatic heterocycles. The number of nitrogens with zero attached hydrogens (tertiary/aromatic N) is 2. The Kier molecular flexibility index (Phi) is 5.45. The van der Waals surface area contributed by atoms with Gasteiger partial charge in [0.25, 0.3) is 0 Å². The largest absolute Gasteiger partial charge is 0.463 e. The van der Waals surface area contributed by atoms with Crippen molar-refractivity contribution in [1.82, 2.24) is 9.78 Å². The zero-order valence-corrected chi connectivity index (χ0v) is 14.3. The van der Waals surface area contributed by atoms with Crippen LogP contribution in [0.5, 0.6) is 11.6 Å². The molecule has 2 aromatic rings. The molecule has 1 heterocycles. The zero-order valence-electron chi connectivity index (χ0n) is 13.6. The van der Waals surface area contributed by atoms with Crippen LogP contribution in [0.25, 0.3) is 6.08 Å². The van der Waals surface area contributed by atoms with E-state index in [9.17, 15) is 4.79 Å². The Hall–Kier alpha value is -2.27. The van der Waals surface area contributed by atoms with Crippen LogP contribution in [0.4, 0.5) is 0 Å². The second-order valence-electron chi connectivity index (χ2n) is 5.02. The van der Waals surface area contributed by atoms with Gasteiger partial charge in [-0.1, -0.05) is 17.7 Å². The third kappa shape index (κ3) is 4.13. The van der Waals surface area contributed by atoms with Crippen LogP contribution in [0.2, 0.25) is 5.02 Å². The molecule has 0 aliphatic heterocycles. The first-order valence-electron chi connectivity index (χ1n) is 7.24. The highest BCUT2D eigenvalue weighted by Crippen LogP contribution is 2.32. The van der Waals surface area contributed by atoms with Crippen LogP contribution < -0.4 is 4.74 Å². The summed E-state index contributed by atoms with van der Waals surface area (Å²) in [5.74, 6) is 0.753. The quantitative estimate of drug-likeness (QED) is 0.611. The van der Waals surface area contributed by atoms with Gasteiger partial charge in [0.2, 0.25) is 5.88 Å². The van der Waals surface area contributed by atoms with Gasteiger partial charge in [-0.15, -0.1) is 0 Å². The van der Waals surface area contributed by atoms with Gasteiger partial charge in [-0.2, -0.15) is 5.10 Å². The summed E-state index contributed by atoms with van der Waals surface area (Å²) in [7, 11) is 1.81. The molecular formula is C17H19ClN2O3. The predicted molar refractivity (Wildman–Crippen MR) is 89.9 cm³/mol. The number of halogens is 1. The molecule has 0 saturated carbocycles. The number of esters is 1. The maximum absolute atomic E-state index is 11.4. The Bertz CT molecular complexity index is 751. The van der Waals surface area contributed by atoms with Gasteiger partial charge < -0.3 is 9.47 Å². The fourth-order valence-electron chi connectivity index (χ4n) is 2.05. The molecule has 5 nitrogen and oxygen atoms in total. The lowest BCUT2D eigenvalue weighted by atomic mass is 10.2. The van der Waals surface area contributed by atoms with E-state index in [1.807, 2.05) is 20.9 Å². The van der Waals surface area contributed by atoms with Crippen molar-refractivity contribution in [2.75, 3.05) is 6.61 Å². The van der Waals surface area contributed by atoms with E-state index in [0.29, 0.717) is 23.3 Å². The molecule has 1 aromatic carbocycles. The van der Waals surface area contributed by atoms with Crippen molar-refractivity contribution in [3.05, 3.63) is 46.1 Å². The third-order valence-corrected chi connectivity index (χ3v) is 3.63. The van der Waals surface area contributed by atoms with Crippen molar-refractivity contribution in [1.29, 1.82) is 0 Å². The molecule has 0 spiro atoms. The van der Waals surface area contributed by atoms with E-state index in [2.05, 4.69) is 5.10 Å². The Morgan fingerprint density at radius 2 is 2.13 bits per heavy atom. The first-order valence-corrected chi connectivity index (χ1v) is 7.62. The van der Waals surface area contributed by atoms with Gasteiger partial charge >= 0.3 is 5.97 Å². The summed E-state index contributed by atoms with van der Waals surface area (Å²) < 4.78 is 12.4. The van der Waals surface area contributed by atoms with Gasteiger partial charge in [-0.25, -0.2) is 9.48 Å². The lowest BCUT2D eigenvalue weighted by molar-refractivity contribution is -0.137.